The molecule has 2 N–H and O–H groups in total. The molecule has 1 aliphatic rings. The van der Waals surface area contributed by atoms with Gasteiger partial charge in [-0.25, -0.2) is 9.82 Å². The first-order valence-electron chi connectivity index (χ1n) is 10.8. The number of carbonyl (C=O) groups excluding carboxylic acids is 1. The Kier molecular flexibility index (Phi) is 7.63. The third kappa shape index (κ3) is 6.28. The SMILES string of the molecule is CC[NH+]1CCN(c2ccc(/C(C)=N\NC(=O)COc3cc(C)cc(C)c3)cc2F)CC1. The minimum Gasteiger partial charge on any atom is -0.484 e. The smallest absolute Gasteiger partial charge is 0.277 e. The van der Waals surface area contributed by atoms with Crippen LogP contribution in [0.5, 0.6) is 5.75 Å². The molecule has 0 unspecified atom stereocenters. The van der Waals surface area contributed by atoms with Crippen LogP contribution >= 0.6 is 0 Å². The van der Waals surface area contributed by atoms with Gasteiger partial charge < -0.3 is 14.5 Å². The molecule has 7 heteroatoms. The Morgan fingerprint density at radius 3 is 2.45 bits per heavy atom. The second-order valence-electron chi connectivity index (χ2n) is 8.10. The molecule has 31 heavy (non-hydrogen) atoms. The predicted octanol–water partition coefficient (Wildman–Crippen LogP) is 2.09. The highest BCUT2D eigenvalue weighted by Gasteiger charge is 2.21. The Bertz CT molecular complexity index is 932. The van der Waals surface area contributed by atoms with Crippen molar-refractivity contribution in [2.45, 2.75) is 27.7 Å². The van der Waals surface area contributed by atoms with Crippen molar-refractivity contribution in [3.05, 3.63) is 58.9 Å². The summed E-state index contributed by atoms with van der Waals surface area (Å²) in [6.07, 6.45) is 0. The van der Waals surface area contributed by atoms with Gasteiger partial charge in [0.2, 0.25) is 0 Å². The average molecular weight is 428 g/mol. The average Bonchev–Trinajstić information content (AvgIpc) is 2.75. The van der Waals surface area contributed by atoms with Crippen LogP contribution in [0.2, 0.25) is 0 Å². The van der Waals surface area contributed by atoms with E-state index in [1.54, 1.807) is 17.9 Å². The van der Waals surface area contributed by atoms with E-state index >= 15 is 0 Å². The highest BCUT2D eigenvalue weighted by molar-refractivity contribution is 5.99. The number of quaternary nitrogens is 1. The summed E-state index contributed by atoms with van der Waals surface area (Å²) >= 11 is 0. The molecule has 0 radical (unpaired) electrons. The topological polar surface area (TPSA) is 58.4 Å². The highest BCUT2D eigenvalue weighted by atomic mass is 19.1. The van der Waals surface area contributed by atoms with Crippen LogP contribution in [0.25, 0.3) is 0 Å². The number of benzene rings is 2. The van der Waals surface area contributed by atoms with Crippen LogP contribution in [-0.2, 0) is 4.79 Å². The maximum atomic E-state index is 14.7. The van der Waals surface area contributed by atoms with Crippen molar-refractivity contribution in [3.63, 3.8) is 0 Å². The number of nitrogens with one attached hydrogen (secondary N) is 2. The fourth-order valence-electron chi connectivity index (χ4n) is 3.81. The Morgan fingerprint density at radius 2 is 1.84 bits per heavy atom. The third-order valence-electron chi connectivity index (χ3n) is 5.59. The second-order valence-corrected chi connectivity index (χ2v) is 8.10. The Morgan fingerprint density at radius 1 is 1.16 bits per heavy atom. The molecule has 0 spiro atoms. The first kappa shape index (κ1) is 22.7. The fourth-order valence-corrected chi connectivity index (χ4v) is 3.81. The van der Waals surface area contributed by atoms with Gasteiger partial charge in [-0.1, -0.05) is 12.1 Å². The van der Waals surface area contributed by atoms with Gasteiger partial charge in [-0.15, -0.1) is 0 Å². The van der Waals surface area contributed by atoms with Gasteiger partial charge >= 0.3 is 0 Å². The zero-order chi connectivity index (χ0) is 22.4. The van der Waals surface area contributed by atoms with Gasteiger partial charge in [-0.05, 0) is 63.1 Å². The summed E-state index contributed by atoms with van der Waals surface area (Å²) < 4.78 is 20.3. The van der Waals surface area contributed by atoms with Crippen molar-refractivity contribution < 1.29 is 18.8 Å². The second kappa shape index (κ2) is 10.4. The Labute approximate surface area is 183 Å². The largest absolute Gasteiger partial charge is 0.484 e. The molecule has 1 saturated heterocycles. The van der Waals surface area contributed by atoms with E-state index in [0.29, 0.717) is 22.7 Å². The summed E-state index contributed by atoms with van der Waals surface area (Å²) in [6, 6.07) is 10.9. The molecule has 1 aliphatic heterocycles. The molecule has 1 heterocycles. The zero-order valence-electron chi connectivity index (χ0n) is 18.8. The molecule has 0 bridgehead atoms. The number of nitrogens with zero attached hydrogens (tertiary/aromatic N) is 2. The number of amides is 1. The summed E-state index contributed by atoms with van der Waals surface area (Å²) in [5, 5.41) is 4.10. The van der Waals surface area contributed by atoms with Crippen molar-refractivity contribution >= 4 is 17.3 Å². The number of ether oxygens (including phenoxy) is 1. The molecular formula is C24H32FN4O2+. The van der Waals surface area contributed by atoms with Gasteiger partial charge in [0.25, 0.3) is 5.91 Å². The number of halogens is 1. The predicted molar refractivity (Wildman–Crippen MR) is 122 cm³/mol. The van der Waals surface area contributed by atoms with Crippen molar-refractivity contribution in [2.75, 3.05) is 44.2 Å². The van der Waals surface area contributed by atoms with Crippen LogP contribution in [0.4, 0.5) is 10.1 Å². The van der Waals surface area contributed by atoms with Crippen LogP contribution < -0.4 is 20.0 Å². The van der Waals surface area contributed by atoms with Crippen molar-refractivity contribution in [2.24, 2.45) is 5.10 Å². The van der Waals surface area contributed by atoms with Crippen LogP contribution in [0.15, 0.2) is 41.5 Å². The molecule has 0 atom stereocenters. The number of carbonyl (C=O) groups is 1. The van der Waals surface area contributed by atoms with Crippen LogP contribution in [0.1, 0.15) is 30.5 Å². The number of anilines is 1. The molecule has 1 amide bonds. The summed E-state index contributed by atoms with van der Waals surface area (Å²) in [6.45, 7) is 12.6. The van der Waals surface area contributed by atoms with Gasteiger partial charge in [-0.3, -0.25) is 4.79 Å². The minimum absolute atomic E-state index is 0.140. The van der Waals surface area contributed by atoms with Gasteiger partial charge in [-0.2, -0.15) is 5.10 Å². The zero-order valence-corrected chi connectivity index (χ0v) is 18.8. The standard InChI is InChI=1S/C24H31FN4O2/c1-5-28-8-10-29(11-9-28)23-7-6-20(15-22(23)25)19(4)26-27-24(30)16-31-21-13-17(2)12-18(3)14-21/h6-7,12-15H,5,8-11,16H2,1-4H3,(H,27,30)/p+1/b26-19-. The van der Waals surface area contributed by atoms with E-state index in [2.05, 4.69) is 22.4 Å². The molecule has 1 fully saturated rings. The number of hydrazone groups is 1. The first-order valence-corrected chi connectivity index (χ1v) is 10.8. The van der Waals surface area contributed by atoms with Gasteiger partial charge in [0.1, 0.15) is 11.6 Å². The number of hydrogen-bond acceptors (Lipinski definition) is 4. The Hall–Kier alpha value is -2.93. The first-order chi connectivity index (χ1) is 14.9. The molecule has 0 aliphatic carbocycles. The van der Waals surface area contributed by atoms with E-state index in [-0.39, 0.29) is 18.3 Å². The lowest BCUT2D eigenvalue weighted by Crippen LogP contribution is -3.14. The number of piperazine rings is 1. The molecule has 3 rings (SSSR count). The highest BCUT2D eigenvalue weighted by Crippen LogP contribution is 2.21. The molecular weight excluding hydrogens is 395 g/mol. The van der Waals surface area contributed by atoms with Gasteiger partial charge in [0.05, 0.1) is 44.1 Å². The normalized spacial score (nSPS) is 15.1. The maximum absolute atomic E-state index is 14.7. The van der Waals surface area contributed by atoms with Crippen molar-refractivity contribution in [1.82, 2.24) is 5.43 Å². The minimum atomic E-state index is -0.369. The van der Waals surface area contributed by atoms with Crippen LogP contribution in [0, 0.1) is 19.7 Å². The third-order valence-corrected chi connectivity index (χ3v) is 5.59. The lowest BCUT2D eigenvalue weighted by atomic mass is 10.1. The molecule has 2 aromatic rings. The van der Waals surface area contributed by atoms with E-state index in [1.165, 1.54) is 6.07 Å². The number of rotatable bonds is 7. The fraction of sp³-hybridized carbons (Fsp3) is 0.417. The lowest BCUT2D eigenvalue weighted by Gasteiger charge is -2.33. The lowest BCUT2D eigenvalue weighted by molar-refractivity contribution is -0.898. The number of likely N-dealkylation sites (N-methyl/N-ethyl adjacent to an activating group) is 1. The summed E-state index contributed by atoms with van der Waals surface area (Å²) in [5.74, 6) is 0.00996. The van der Waals surface area contributed by atoms with Crippen LogP contribution in [-0.4, -0.2) is 50.9 Å². The molecule has 166 valence electrons. The number of aryl methyl sites for hydroxylation is 2. The van der Waals surface area contributed by atoms with E-state index in [0.717, 1.165) is 43.9 Å². The summed E-state index contributed by atoms with van der Waals surface area (Å²) in [5.41, 5.74) is 6.41. The van der Waals surface area contributed by atoms with E-state index in [1.807, 2.05) is 38.1 Å². The van der Waals surface area contributed by atoms with Gasteiger partial charge in [0, 0.05) is 5.56 Å². The van der Waals surface area contributed by atoms with E-state index in [9.17, 15) is 9.18 Å². The molecule has 6 nitrogen and oxygen atoms in total. The van der Waals surface area contributed by atoms with E-state index in [4.69, 9.17) is 4.74 Å². The number of hydrogen-bond donors (Lipinski definition) is 2. The van der Waals surface area contributed by atoms with E-state index < -0.39 is 0 Å². The quantitative estimate of drug-likeness (QED) is 0.526. The van der Waals surface area contributed by atoms with Crippen molar-refractivity contribution in [3.8, 4) is 5.75 Å². The summed E-state index contributed by atoms with van der Waals surface area (Å²) in [4.78, 5) is 15.7. The van der Waals surface area contributed by atoms with Crippen LogP contribution in [0.3, 0.4) is 0 Å². The monoisotopic (exact) mass is 427 g/mol. The van der Waals surface area contributed by atoms with Gasteiger partial charge in [0.15, 0.2) is 6.61 Å². The summed E-state index contributed by atoms with van der Waals surface area (Å²) in [7, 11) is 0. The Balaban J connectivity index is 1.56. The molecule has 0 aromatic heterocycles. The molecule has 0 saturated carbocycles. The maximum Gasteiger partial charge on any atom is 0.277 e. The van der Waals surface area contributed by atoms with Crippen molar-refractivity contribution in [1.29, 1.82) is 0 Å². The molecule has 2 aromatic carbocycles.